The van der Waals surface area contributed by atoms with Gasteiger partial charge in [-0.2, -0.15) is 13.2 Å². The lowest BCUT2D eigenvalue weighted by atomic mass is 10.2. The van der Waals surface area contributed by atoms with E-state index in [9.17, 15) is 13.2 Å². The summed E-state index contributed by atoms with van der Waals surface area (Å²) in [5.74, 6) is 2.04. The van der Waals surface area contributed by atoms with Crippen LogP contribution in [0.3, 0.4) is 0 Å². The van der Waals surface area contributed by atoms with E-state index in [2.05, 4.69) is 20.6 Å². The zero-order valence-electron chi connectivity index (χ0n) is 11.1. The Morgan fingerprint density at radius 3 is 2.42 bits per heavy atom. The third kappa shape index (κ3) is 6.26. The largest absolute Gasteiger partial charge is 0.389 e. The van der Waals surface area contributed by atoms with Crippen molar-refractivity contribution in [2.24, 2.45) is 0 Å². The summed E-state index contributed by atoms with van der Waals surface area (Å²) in [6.45, 7) is 2.42. The lowest BCUT2D eigenvalue weighted by molar-refractivity contribution is -0.135. The zero-order chi connectivity index (χ0) is 14.3. The third-order valence-electron chi connectivity index (χ3n) is 2.54. The SMILES string of the molecule is CCc1nc(NC)cc(NCCCCC(F)(F)F)n1. The molecule has 0 aliphatic rings. The van der Waals surface area contributed by atoms with Gasteiger partial charge in [0.25, 0.3) is 0 Å². The lowest BCUT2D eigenvalue weighted by Gasteiger charge is -2.09. The van der Waals surface area contributed by atoms with Crippen molar-refractivity contribution in [1.29, 1.82) is 0 Å². The molecule has 0 saturated carbocycles. The Morgan fingerprint density at radius 1 is 1.16 bits per heavy atom. The fourth-order valence-corrected chi connectivity index (χ4v) is 1.54. The van der Waals surface area contributed by atoms with Gasteiger partial charge in [0, 0.05) is 32.5 Å². The fraction of sp³-hybridized carbons (Fsp3) is 0.667. The van der Waals surface area contributed by atoms with Crippen LogP contribution in [0, 0.1) is 0 Å². The van der Waals surface area contributed by atoms with Crippen LogP contribution >= 0.6 is 0 Å². The van der Waals surface area contributed by atoms with E-state index < -0.39 is 12.6 Å². The van der Waals surface area contributed by atoms with Gasteiger partial charge in [-0.3, -0.25) is 0 Å². The van der Waals surface area contributed by atoms with Crippen molar-refractivity contribution in [3.63, 3.8) is 0 Å². The highest BCUT2D eigenvalue weighted by Gasteiger charge is 2.25. The summed E-state index contributed by atoms with van der Waals surface area (Å²) in [5, 5.41) is 5.95. The maximum absolute atomic E-state index is 12.0. The first kappa shape index (κ1) is 15.5. The first-order chi connectivity index (χ1) is 8.94. The van der Waals surface area contributed by atoms with E-state index in [0.717, 1.165) is 0 Å². The fourth-order valence-electron chi connectivity index (χ4n) is 1.54. The molecule has 0 unspecified atom stereocenters. The van der Waals surface area contributed by atoms with Gasteiger partial charge in [0.15, 0.2) is 0 Å². The average molecular weight is 276 g/mol. The molecule has 0 aromatic carbocycles. The van der Waals surface area contributed by atoms with Gasteiger partial charge in [-0.15, -0.1) is 0 Å². The molecule has 0 fully saturated rings. The molecule has 0 aliphatic carbocycles. The number of nitrogens with zero attached hydrogens (tertiary/aromatic N) is 2. The Morgan fingerprint density at radius 2 is 1.84 bits per heavy atom. The topological polar surface area (TPSA) is 49.8 Å². The van der Waals surface area contributed by atoms with Crippen LogP contribution in [0.1, 0.15) is 32.0 Å². The van der Waals surface area contributed by atoms with E-state index in [1.807, 2.05) is 6.92 Å². The van der Waals surface area contributed by atoms with Crippen LogP contribution in [0.4, 0.5) is 24.8 Å². The summed E-state index contributed by atoms with van der Waals surface area (Å²) >= 11 is 0. The molecule has 0 spiro atoms. The first-order valence-electron chi connectivity index (χ1n) is 6.31. The van der Waals surface area contributed by atoms with E-state index in [4.69, 9.17) is 0 Å². The Bertz CT molecular complexity index is 371. The monoisotopic (exact) mass is 276 g/mol. The van der Waals surface area contributed by atoms with E-state index in [1.165, 1.54) is 0 Å². The van der Waals surface area contributed by atoms with Gasteiger partial charge in [-0.05, 0) is 12.8 Å². The molecule has 0 aliphatic heterocycles. The molecule has 0 bridgehead atoms. The molecule has 108 valence electrons. The minimum absolute atomic E-state index is 0.126. The van der Waals surface area contributed by atoms with Gasteiger partial charge >= 0.3 is 6.18 Å². The molecule has 19 heavy (non-hydrogen) atoms. The summed E-state index contributed by atoms with van der Waals surface area (Å²) in [7, 11) is 1.76. The van der Waals surface area contributed by atoms with Crippen molar-refractivity contribution >= 4 is 11.6 Å². The number of hydrogen-bond acceptors (Lipinski definition) is 4. The van der Waals surface area contributed by atoms with Crippen LogP contribution in [0.2, 0.25) is 0 Å². The molecule has 2 N–H and O–H groups in total. The van der Waals surface area contributed by atoms with Crippen LogP contribution in [0.15, 0.2) is 6.07 Å². The second-order valence-corrected chi connectivity index (χ2v) is 4.16. The summed E-state index contributed by atoms with van der Waals surface area (Å²) in [5.41, 5.74) is 0. The summed E-state index contributed by atoms with van der Waals surface area (Å²) in [4.78, 5) is 8.50. The molecular formula is C12H19F3N4. The van der Waals surface area contributed by atoms with Gasteiger partial charge in [-0.25, -0.2) is 9.97 Å². The maximum atomic E-state index is 12.0. The number of anilines is 2. The van der Waals surface area contributed by atoms with Crippen LogP contribution in [-0.2, 0) is 6.42 Å². The first-order valence-corrected chi connectivity index (χ1v) is 6.31. The number of nitrogens with one attached hydrogen (secondary N) is 2. The minimum atomic E-state index is -4.07. The standard InChI is InChI=1S/C12H19F3N4/c1-3-9-18-10(16-2)8-11(19-9)17-7-5-4-6-12(13,14)15/h8H,3-7H2,1-2H3,(H2,16,17,18,19). The van der Waals surface area contributed by atoms with Crippen molar-refractivity contribution in [2.75, 3.05) is 24.2 Å². The van der Waals surface area contributed by atoms with Gasteiger partial charge < -0.3 is 10.6 Å². The van der Waals surface area contributed by atoms with Crippen LogP contribution in [-0.4, -0.2) is 29.7 Å². The Hall–Kier alpha value is -1.53. The molecule has 0 atom stereocenters. The number of alkyl halides is 3. The maximum Gasteiger partial charge on any atom is 0.389 e. The summed E-state index contributed by atoms with van der Waals surface area (Å²) in [6, 6.07) is 1.74. The Kier molecular flexibility index (Phi) is 5.85. The third-order valence-corrected chi connectivity index (χ3v) is 2.54. The highest BCUT2D eigenvalue weighted by Crippen LogP contribution is 2.22. The Balaban J connectivity index is 2.40. The quantitative estimate of drug-likeness (QED) is 0.751. The molecule has 7 heteroatoms. The number of hydrogen-bond donors (Lipinski definition) is 2. The second kappa shape index (κ2) is 7.16. The Labute approximate surface area is 110 Å². The molecule has 0 amide bonds. The van der Waals surface area contributed by atoms with Crippen LogP contribution < -0.4 is 10.6 Å². The molecule has 1 heterocycles. The van der Waals surface area contributed by atoms with Crippen molar-refractivity contribution < 1.29 is 13.2 Å². The van der Waals surface area contributed by atoms with Gasteiger partial charge in [-0.1, -0.05) is 6.92 Å². The number of aromatic nitrogens is 2. The number of rotatable bonds is 7. The van der Waals surface area contributed by atoms with Gasteiger partial charge in [0.05, 0.1) is 0 Å². The number of aryl methyl sites for hydroxylation is 1. The molecule has 1 aromatic heterocycles. The minimum Gasteiger partial charge on any atom is -0.373 e. The lowest BCUT2D eigenvalue weighted by Crippen LogP contribution is -2.10. The molecule has 1 aromatic rings. The molecule has 4 nitrogen and oxygen atoms in total. The molecular weight excluding hydrogens is 257 g/mol. The van der Waals surface area contributed by atoms with Gasteiger partial charge in [0.2, 0.25) is 0 Å². The molecule has 0 saturated heterocycles. The zero-order valence-corrected chi connectivity index (χ0v) is 11.1. The van der Waals surface area contributed by atoms with E-state index in [1.54, 1.807) is 13.1 Å². The summed E-state index contributed by atoms with van der Waals surface area (Å²) in [6.07, 6.45) is -3.51. The molecule has 1 rings (SSSR count). The van der Waals surface area contributed by atoms with Crippen LogP contribution in [0.25, 0.3) is 0 Å². The van der Waals surface area contributed by atoms with Crippen molar-refractivity contribution in [3.05, 3.63) is 11.9 Å². The molecule has 0 radical (unpaired) electrons. The predicted octanol–water partition coefficient (Wildman–Crippen LogP) is 3.23. The highest BCUT2D eigenvalue weighted by atomic mass is 19.4. The predicted molar refractivity (Wildman–Crippen MR) is 69.4 cm³/mol. The van der Waals surface area contributed by atoms with Crippen molar-refractivity contribution in [3.8, 4) is 0 Å². The summed E-state index contributed by atoms with van der Waals surface area (Å²) < 4.78 is 35.9. The van der Waals surface area contributed by atoms with Gasteiger partial charge in [0.1, 0.15) is 17.5 Å². The number of unbranched alkanes of at least 4 members (excludes halogenated alkanes) is 1. The average Bonchev–Trinajstić information content (AvgIpc) is 2.36. The van der Waals surface area contributed by atoms with Crippen molar-refractivity contribution in [2.45, 2.75) is 38.8 Å². The smallest absolute Gasteiger partial charge is 0.373 e. The van der Waals surface area contributed by atoms with E-state index >= 15 is 0 Å². The van der Waals surface area contributed by atoms with Crippen molar-refractivity contribution in [1.82, 2.24) is 9.97 Å². The van der Waals surface area contributed by atoms with E-state index in [-0.39, 0.29) is 6.42 Å². The highest BCUT2D eigenvalue weighted by molar-refractivity contribution is 5.47. The number of halogens is 3. The van der Waals surface area contributed by atoms with Crippen LogP contribution in [0.5, 0.6) is 0 Å². The van der Waals surface area contributed by atoms with E-state index in [0.29, 0.717) is 36.8 Å². The normalized spacial score (nSPS) is 11.4. The second-order valence-electron chi connectivity index (χ2n) is 4.16.